The van der Waals surface area contributed by atoms with Crippen LogP contribution < -0.4 is 4.90 Å². The van der Waals surface area contributed by atoms with Crippen LogP contribution in [0.25, 0.3) is 0 Å². The van der Waals surface area contributed by atoms with Gasteiger partial charge in [-0.1, -0.05) is 6.92 Å². The Balaban J connectivity index is 2.40. The average Bonchev–Trinajstić information content (AvgIpc) is 2.47. The van der Waals surface area contributed by atoms with Gasteiger partial charge in [0.2, 0.25) is 11.8 Å². The number of carbonyl (C=O) groups is 2. The molecule has 0 bridgehead atoms. The molecule has 0 saturated carbocycles. The van der Waals surface area contributed by atoms with Crippen molar-refractivity contribution in [3.63, 3.8) is 0 Å². The van der Waals surface area contributed by atoms with Crippen molar-refractivity contribution in [2.24, 2.45) is 5.92 Å². The minimum absolute atomic E-state index is 0.128. The maximum absolute atomic E-state index is 11.9. The first-order valence-corrected chi connectivity index (χ1v) is 5.38. The number of aromatic amines is 1. The van der Waals surface area contributed by atoms with E-state index >= 15 is 0 Å². The van der Waals surface area contributed by atoms with Gasteiger partial charge in [0.05, 0.1) is 17.1 Å². The fourth-order valence-corrected chi connectivity index (χ4v) is 2.11. The van der Waals surface area contributed by atoms with Crippen molar-refractivity contribution >= 4 is 17.5 Å². The highest BCUT2D eigenvalue weighted by Crippen LogP contribution is 2.28. The Bertz CT molecular complexity index is 413. The maximum Gasteiger partial charge on any atom is 0.234 e. The lowest BCUT2D eigenvalue weighted by Gasteiger charge is -2.28. The minimum Gasteiger partial charge on any atom is -0.280 e. The molecule has 16 heavy (non-hydrogen) atoms. The number of imide groups is 1. The summed E-state index contributed by atoms with van der Waals surface area (Å²) in [5.74, 6) is -0.114. The van der Waals surface area contributed by atoms with Gasteiger partial charge in [-0.3, -0.25) is 14.7 Å². The van der Waals surface area contributed by atoms with Gasteiger partial charge in [-0.25, -0.2) is 4.90 Å². The number of hydrogen-bond donors (Lipinski definition) is 1. The predicted octanol–water partition coefficient (Wildman–Crippen LogP) is 1.32. The van der Waals surface area contributed by atoms with Crippen LogP contribution in [0.2, 0.25) is 0 Å². The van der Waals surface area contributed by atoms with Gasteiger partial charge in [-0.15, -0.1) is 0 Å². The molecule has 86 valence electrons. The fourth-order valence-electron chi connectivity index (χ4n) is 2.11. The van der Waals surface area contributed by atoms with Gasteiger partial charge in [-0.05, 0) is 19.8 Å². The topological polar surface area (TPSA) is 66.1 Å². The van der Waals surface area contributed by atoms with Crippen molar-refractivity contribution in [1.29, 1.82) is 0 Å². The van der Waals surface area contributed by atoms with Crippen LogP contribution in [0.15, 0.2) is 0 Å². The lowest BCUT2D eigenvalue weighted by molar-refractivity contribution is -0.130. The molecule has 0 aromatic carbocycles. The van der Waals surface area contributed by atoms with Crippen LogP contribution in [-0.4, -0.2) is 22.0 Å². The summed E-state index contributed by atoms with van der Waals surface area (Å²) >= 11 is 0. The molecule has 0 spiro atoms. The van der Waals surface area contributed by atoms with E-state index in [0.717, 1.165) is 5.69 Å². The first-order chi connectivity index (χ1) is 7.50. The molecule has 2 amide bonds. The average molecular weight is 221 g/mol. The largest absolute Gasteiger partial charge is 0.280 e. The highest BCUT2D eigenvalue weighted by molar-refractivity contribution is 6.17. The molecule has 2 heterocycles. The summed E-state index contributed by atoms with van der Waals surface area (Å²) in [5, 5.41) is 6.80. The van der Waals surface area contributed by atoms with Crippen molar-refractivity contribution in [3.8, 4) is 0 Å². The second kappa shape index (κ2) is 3.73. The molecule has 1 aromatic heterocycles. The number of anilines is 1. The van der Waals surface area contributed by atoms with Gasteiger partial charge >= 0.3 is 0 Å². The van der Waals surface area contributed by atoms with Gasteiger partial charge in [0.25, 0.3) is 0 Å². The molecule has 1 fully saturated rings. The second-order valence-corrected chi connectivity index (χ2v) is 4.42. The molecule has 1 saturated heterocycles. The standard InChI is InChI=1S/C11H15N3O2/c1-6-4-9(15)14(10(16)5-6)11-7(2)12-13-8(11)3/h6H,4-5H2,1-3H3,(H,12,13). The monoisotopic (exact) mass is 221 g/mol. The Labute approximate surface area is 93.8 Å². The number of aromatic nitrogens is 2. The van der Waals surface area contributed by atoms with Gasteiger partial charge in [0, 0.05) is 12.8 Å². The number of amides is 2. The van der Waals surface area contributed by atoms with Crippen molar-refractivity contribution in [2.45, 2.75) is 33.6 Å². The van der Waals surface area contributed by atoms with Gasteiger partial charge in [0.1, 0.15) is 0 Å². The summed E-state index contributed by atoms with van der Waals surface area (Å²) < 4.78 is 0. The number of carbonyl (C=O) groups excluding carboxylic acids is 2. The quantitative estimate of drug-likeness (QED) is 0.727. The Morgan fingerprint density at radius 2 is 1.81 bits per heavy atom. The molecule has 1 aliphatic rings. The van der Waals surface area contributed by atoms with Crippen LogP contribution in [-0.2, 0) is 9.59 Å². The van der Waals surface area contributed by atoms with Crippen LogP contribution in [0, 0.1) is 19.8 Å². The normalized spacial score (nSPS) is 18.3. The van der Waals surface area contributed by atoms with E-state index in [0.29, 0.717) is 24.2 Å². The van der Waals surface area contributed by atoms with Crippen LogP contribution in [0.5, 0.6) is 0 Å². The summed E-state index contributed by atoms with van der Waals surface area (Å²) in [6, 6.07) is 0. The van der Waals surface area contributed by atoms with E-state index in [9.17, 15) is 9.59 Å². The van der Waals surface area contributed by atoms with E-state index in [4.69, 9.17) is 0 Å². The molecule has 1 aliphatic heterocycles. The highest BCUT2D eigenvalue weighted by Gasteiger charge is 2.33. The number of aryl methyl sites for hydroxylation is 2. The number of H-pyrrole nitrogens is 1. The van der Waals surface area contributed by atoms with Gasteiger partial charge in [0.15, 0.2) is 0 Å². The summed E-state index contributed by atoms with van der Waals surface area (Å²) in [6.07, 6.45) is 0.853. The molecule has 2 rings (SSSR count). The summed E-state index contributed by atoms with van der Waals surface area (Å²) in [5.41, 5.74) is 2.07. The zero-order valence-electron chi connectivity index (χ0n) is 9.70. The third-order valence-corrected chi connectivity index (χ3v) is 2.86. The lowest BCUT2D eigenvalue weighted by Crippen LogP contribution is -2.43. The SMILES string of the molecule is Cc1n[nH]c(C)c1N1C(=O)CC(C)CC1=O. The Hall–Kier alpha value is -1.65. The van der Waals surface area contributed by atoms with Crippen LogP contribution >= 0.6 is 0 Å². The Morgan fingerprint density at radius 1 is 1.25 bits per heavy atom. The number of hydrogen-bond acceptors (Lipinski definition) is 3. The summed E-state index contributed by atoms with van der Waals surface area (Å²) in [7, 11) is 0. The van der Waals surface area contributed by atoms with Gasteiger partial charge < -0.3 is 0 Å². The van der Waals surface area contributed by atoms with E-state index in [-0.39, 0.29) is 17.7 Å². The molecule has 5 nitrogen and oxygen atoms in total. The number of nitrogens with one attached hydrogen (secondary N) is 1. The molecular formula is C11H15N3O2. The van der Waals surface area contributed by atoms with Crippen LogP contribution in [0.4, 0.5) is 5.69 Å². The lowest BCUT2D eigenvalue weighted by atomic mass is 9.97. The van der Waals surface area contributed by atoms with E-state index in [1.54, 1.807) is 6.92 Å². The molecule has 0 radical (unpaired) electrons. The highest BCUT2D eigenvalue weighted by atomic mass is 16.2. The van der Waals surface area contributed by atoms with E-state index < -0.39 is 0 Å². The zero-order valence-corrected chi connectivity index (χ0v) is 9.70. The predicted molar refractivity (Wildman–Crippen MR) is 59.0 cm³/mol. The molecular weight excluding hydrogens is 206 g/mol. The van der Waals surface area contributed by atoms with E-state index in [1.165, 1.54) is 4.90 Å². The van der Waals surface area contributed by atoms with Crippen LogP contribution in [0.1, 0.15) is 31.2 Å². The number of nitrogens with zero attached hydrogens (tertiary/aromatic N) is 2. The minimum atomic E-state index is -0.128. The van der Waals surface area contributed by atoms with Crippen molar-refractivity contribution in [3.05, 3.63) is 11.4 Å². The fraction of sp³-hybridized carbons (Fsp3) is 0.545. The number of piperidine rings is 1. The second-order valence-electron chi connectivity index (χ2n) is 4.42. The smallest absolute Gasteiger partial charge is 0.234 e. The van der Waals surface area contributed by atoms with Crippen molar-refractivity contribution in [2.75, 3.05) is 4.90 Å². The third kappa shape index (κ3) is 1.62. The molecule has 5 heteroatoms. The molecule has 1 aromatic rings. The zero-order chi connectivity index (χ0) is 11.9. The molecule has 0 unspecified atom stereocenters. The Morgan fingerprint density at radius 3 is 2.25 bits per heavy atom. The van der Waals surface area contributed by atoms with Crippen molar-refractivity contribution in [1.82, 2.24) is 10.2 Å². The first-order valence-electron chi connectivity index (χ1n) is 5.38. The summed E-state index contributed by atoms with van der Waals surface area (Å²) in [6.45, 7) is 5.52. The van der Waals surface area contributed by atoms with Crippen molar-refractivity contribution < 1.29 is 9.59 Å². The summed E-state index contributed by atoms with van der Waals surface area (Å²) in [4.78, 5) is 25.0. The first kappa shape index (κ1) is 10.9. The molecule has 0 atom stereocenters. The van der Waals surface area contributed by atoms with Crippen LogP contribution in [0.3, 0.4) is 0 Å². The molecule has 1 N–H and O–H groups in total. The van der Waals surface area contributed by atoms with E-state index in [1.807, 2.05) is 13.8 Å². The van der Waals surface area contributed by atoms with E-state index in [2.05, 4.69) is 10.2 Å². The van der Waals surface area contributed by atoms with Gasteiger partial charge in [-0.2, -0.15) is 5.10 Å². The molecule has 0 aliphatic carbocycles. The third-order valence-electron chi connectivity index (χ3n) is 2.86. The number of rotatable bonds is 1. The Kier molecular flexibility index (Phi) is 2.53. The maximum atomic E-state index is 11.9.